The van der Waals surface area contributed by atoms with Crippen molar-refractivity contribution < 1.29 is 4.39 Å². The number of hydrogen-bond donors (Lipinski definition) is 0. The molecule has 0 saturated heterocycles. The number of benzene rings is 12. The molecule has 0 fully saturated rings. The highest BCUT2D eigenvalue weighted by Gasteiger charge is 2.24. The molecule has 3 heteroatoms. The summed E-state index contributed by atoms with van der Waals surface area (Å²) in [5.41, 5.74) is 14.0. The molecule has 0 bridgehead atoms. The Hall–Kier alpha value is -9.05. The molecule has 12 aromatic carbocycles. The van der Waals surface area contributed by atoms with Crippen molar-refractivity contribution in [2.75, 3.05) is 4.90 Å². The molecule has 2 nitrogen and oxygen atoms in total. The van der Waals surface area contributed by atoms with Gasteiger partial charge in [0.2, 0.25) is 0 Å². The van der Waals surface area contributed by atoms with Crippen LogP contribution >= 0.6 is 0 Å². The molecule has 324 valence electrons. The average molecular weight is 883 g/mol. The van der Waals surface area contributed by atoms with Crippen molar-refractivity contribution in [3.05, 3.63) is 266 Å². The topological polar surface area (TPSA) is 8.17 Å². The Morgan fingerprint density at radius 2 is 0.957 bits per heavy atom. The van der Waals surface area contributed by atoms with E-state index in [-0.39, 0.29) is 5.82 Å². The van der Waals surface area contributed by atoms with Crippen LogP contribution in [0.4, 0.5) is 21.5 Å². The molecule has 0 unspecified atom stereocenters. The Balaban J connectivity index is 0.942. The van der Waals surface area contributed by atoms with Crippen LogP contribution in [-0.4, -0.2) is 4.57 Å². The van der Waals surface area contributed by atoms with Gasteiger partial charge >= 0.3 is 0 Å². The minimum Gasteiger partial charge on any atom is -0.309 e. The first-order chi connectivity index (χ1) is 34.2. The van der Waals surface area contributed by atoms with E-state index < -0.39 is 0 Å². The zero-order chi connectivity index (χ0) is 45.8. The molecule has 0 saturated carbocycles. The molecular formula is C66H43FN2. The molecule has 13 aromatic rings. The van der Waals surface area contributed by atoms with Gasteiger partial charge in [-0.1, -0.05) is 200 Å². The summed E-state index contributed by atoms with van der Waals surface area (Å²) in [6, 6.07) is 86.6. The van der Waals surface area contributed by atoms with Crippen molar-refractivity contribution in [1.29, 1.82) is 0 Å². The molecule has 0 aliphatic rings. The van der Waals surface area contributed by atoms with Crippen molar-refractivity contribution >= 4 is 83.3 Å². The van der Waals surface area contributed by atoms with Crippen LogP contribution in [0.25, 0.3) is 105 Å². The van der Waals surface area contributed by atoms with Gasteiger partial charge in [0.05, 0.1) is 16.7 Å². The molecule has 0 N–H and O–H groups in total. The first-order valence-electron chi connectivity index (χ1n) is 23.5. The second-order valence-corrected chi connectivity index (χ2v) is 17.7. The number of rotatable bonds is 9. The Morgan fingerprint density at radius 1 is 0.377 bits per heavy atom. The largest absolute Gasteiger partial charge is 0.309 e. The number of fused-ring (bicyclic) bond motifs is 2. The molecule has 0 aliphatic carbocycles. The van der Waals surface area contributed by atoms with E-state index in [1.54, 1.807) is 6.07 Å². The van der Waals surface area contributed by atoms with Crippen LogP contribution in [0.15, 0.2) is 249 Å². The van der Waals surface area contributed by atoms with Crippen molar-refractivity contribution in [3.8, 4) is 39.1 Å². The van der Waals surface area contributed by atoms with Crippen molar-refractivity contribution in [1.82, 2.24) is 4.57 Å². The fourth-order valence-electron chi connectivity index (χ4n) is 10.8. The van der Waals surface area contributed by atoms with Gasteiger partial charge in [0.15, 0.2) is 0 Å². The van der Waals surface area contributed by atoms with E-state index >= 15 is 4.39 Å². The predicted octanol–water partition coefficient (Wildman–Crippen LogP) is 18.5. The summed E-state index contributed by atoms with van der Waals surface area (Å²) in [6.07, 6.45) is 4.61. The highest BCUT2D eigenvalue weighted by atomic mass is 19.1. The molecular weight excluding hydrogens is 840 g/mol. The maximum Gasteiger partial charge on any atom is 0.148 e. The zero-order valence-electron chi connectivity index (χ0n) is 37.6. The van der Waals surface area contributed by atoms with Crippen LogP contribution in [0.5, 0.6) is 0 Å². The van der Waals surface area contributed by atoms with Gasteiger partial charge in [0, 0.05) is 33.4 Å². The van der Waals surface area contributed by atoms with Crippen molar-refractivity contribution in [2.45, 2.75) is 0 Å². The molecule has 13 rings (SSSR count). The normalized spacial score (nSPS) is 11.8. The third kappa shape index (κ3) is 6.78. The fourth-order valence-corrected chi connectivity index (χ4v) is 10.8. The maximum absolute atomic E-state index is 17.2. The highest BCUT2D eigenvalue weighted by molar-refractivity contribution is 6.26. The van der Waals surface area contributed by atoms with Gasteiger partial charge in [-0.05, 0) is 132 Å². The fraction of sp³-hybridized carbons (Fsp3) is 0. The Kier molecular flexibility index (Phi) is 9.73. The predicted molar refractivity (Wildman–Crippen MR) is 291 cm³/mol. The maximum atomic E-state index is 17.2. The average Bonchev–Trinajstić information content (AvgIpc) is 3.76. The molecule has 0 amide bonds. The Labute approximate surface area is 400 Å². The number of anilines is 3. The summed E-state index contributed by atoms with van der Waals surface area (Å²) in [5, 5.41) is 9.77. The number of nitrogens with zero attached hydrogens (tertiary/aromatic N) is 2. The summed E-state index contributed by atoms with van der Waals surface area (Å²) in [6.45, 7) is 0. The first kappa shape index (κ1) is 40.2. The van der Waals surface area contributed by atoms with E-state index in [2.05, 4.69) is 185 Å². The first-order valence-corrected chi connectivity index (χ1v) is 23.5. The van der Waals surface area contributed by atoms with E-state index in [0.29, 0.717) is 5.69 Å². The third-order valence-electron chi connectivity index (χ3n) is 13.8. The van der Waals surface area contributed by atoms with Gasteiger partial charge in [0.1, 0.15) is 5.82 Å². The Morgan fingerprint density at radius 3 is 1.64 bits per heavy atom. The lowest BCUT2D eigenvalue weighted by Crippen LogP contribution is -2.13. The van der Waals surface area contributed by atoms with Crippen molar-refractivity contribution in [3.63, 3.8) is 0 Å². The number of hydrogen-bond acceptors (Lipinski definition) is 1. The molecule has 0 spiro atoms. The van der Waals surface area contributed by atoms with E-state index in [9.17, 15) is 0 Å². The van der Waals surface area contributed by atoms with Crippen LogP contribution in [0.1, 0.15) is 11.1 Å². The molecule has 69 heavy (non-hydrogen) atoms. The summed E-state index contributed by atoms with van der Waals surface area (Å²) < 4.78 is 19.6. The lowest BCUT2D eigenvalue weighted by atomic mass is 9.88. The monoisotopic (exact) mass is 882 g/mol. The van der Waals surface area contributed by atoms with E-state index in [1.165, 1.54) is 70.8 Å². The zero-order valence-corrected chi connectivity index (χ0v) is 37.6. The molecule has 0 radical (unpaired) electrons. The van der Waals surface area contributed by atoms with Crippen LogP contribution in [0.2, 0.25) is 0 Å². The summed E-state index contributed by atoms with van der Waals surface area (Å²) in [4.78, 5) is 2.06. The van der Waals surface area contributed by atoms with Gasteiger partial charge in [-0.25, -0.2) is 4.39 Å². The molecule has 0 atom stereocenters. The van der Waals surface area contributed by atoms with Crippen LogP contribution in [-0.2, 0) is 0 Å². The Bertz CT molecular complexity index is 3990. The quantitative estimate of drug-likeness (QED) is 0.0797. The summed E-state index contributed by atoms with van der Waals surface area (Å²) in [5.74, 6) is -0.298. The minimum absolute atomic E-state index is 0.298. The third-order valence-corrected chi connectivity index (χ3v) is 13.8. The lowest BCUT2D eigenvalue weighted by Gasteiger charge is -2.29. The highest BCUT2D eigenvalue weighted by Crippen LogP contribution is 2.47. The van der Waals surface area contributed by atoms with Gasteiger partial charge in [-0.15, -0.1) is 0 Å². The van der Waals surface area contributed by atoms with Gasteiger partial charge < -0.3 is 9.47 Å². The van der Waals surface area contributed by atoms with Gasteiger partial charge in [0.25, 0.3) is 0 Å². The minimum atomic E-state index is -0.298. The number of halogens is 1. The van der Waals surface area contributed by atoms with E-state index in [4.69, 9.17) is 0 Å². The second kappa shape index (κ2) is 16.7. The summed E-state index contributed by atoms with van der Waals surface area (Å²) >= 11 is 0. The summed E-state index contributed by atoms with van der Waals surface area (Å²) in [7, 11) is 0. The molecule has 1 heterocycles. The van der Waals surface area contributed by atoms with E-state index in [1.807, 2.05) is 78.9 Å². The molecule has 1 aromatic heterocycles. The van der Waals surface area contributed by atoms with Crippen LogP contribution < -0.4 is 4.90 Å². The standard InChI is InChI=1S/C66H43FN2/c67-60-43-49(44-18-5-1-6-19-44)42-59(45-20-7-2-8-21-45)66(60)68(50-23-9-3-10-24-50)52-37-32-48(33-38-52)63-57-29-15-13-27-54(57)56(55-28-14-16-30-58(55)63)40-34-46-36-41-62-65-53(46)39-35-47-22-17-31-61(64(47)65)69(62)51-25-11-4-12-26-51/h1-43H. The van der Waals surface area contributed by atoms with E-state index in [0.717, 1.165) is 44.9 Å². The number of para-hydroxylation sites is 2. The van der Waals surface area contributed by atoms with Crippen molar-refractivity contribution in [2.24, 2.45) is 0 Å². The lowest BCUT2D eigenvalue weighted by molar-refractivity contribution is 0.630. The SMILES string of the molecule is Fc1cc(-c2ccccc2)cc(-c2ccccc2)c1N(c1ccccc1)c1ccc(-c2c3ccccc3c(C=Cc3ccc4c5c3ccc3cccc(c35)n4-c3ccccc3)c3ccccc23)cc1. The van der Waals surface area contributed by atoms with Gasteiger partial charge in [-0.3, -0.25) is 0 Å². The van der Waals surface area contributed by atoms with Crippen LogP contribution in [0, 0.1) is 5.82 Å². The smallest absolute Gasteiger partial charge is 0.148 e. The molecule has 0 aliphatic heterocycles. The van der Waals surface area contributed by atoms with Crippen LogP contribution in [0.3, 0.4) is 0 Å². The number of aromatic nitrogens is 1. The second-order valence-electron chi connectivity index (χ2n) is 17.7. The van der Waals surface area contributed by atoms with Gasteiger partial charge in [-0.2, -0.15) is 0 Å².